The van der Waals surface area contributed by atoms with Crippen LogP contribution in [0.1, 0.15) is 24.1 Å². The van der Waals surface area contributed by atoms with Crippen molar-refractivity contribution < 1.29 is 8.42 Å². The zero-order chi connectivity index (χ0) is 13.0. The quantitative estimate of drug-likeness (QED) is 0.819. The molecule has 0 saturated carbocycles. The number of hydrogen-bond donors (Lipinski definition) is 2. The van der Waals surface area contributed by atoms with E-state index in [1.54, 1.807) is 6.20 Å². The van der Waals surface area contributed by atoms with E-state index in [0.717, 1.165) is 30.6 Å². The Bertz CT molecular complexity index is 496. The summed E-state index contributed by atoms with van der Waals surface area (Å²) in [5.41, 5.74) is 1.78. The SMILES string of the molecule is Cc1cccnc1CNS(=O)(=O)CC1CCCN1. The van der Waals surface area contributed by atoms with Gasteiger partial charge in [-0.25, -0.2) is 13.1 Å². The molecule has 0 amide bonds. The topological polar surface area (TPSA) is 71.1 Å². The minimum Gasteiger partial charge on any atom is -0.313 e. The number of rotatable bonds is 5. The third kappa shape index (κ3) is 3.76. The van der Waals surface area contributed by atoms with Crippen molar-refractivity contribution in [1.82, 2.24) is 15.0 Å². The van der Waals surface area contributed by atoms with Crippen LogP contribution in [-0.4, -0.2) is 31.7 Å². The van der Waals surface area contributed by atoms with Gasteiger partial charge in [0.15, 0.2) is 0 Å². The average Bonchev–Trinajstić information content (AvgIpc) is 2.80. The fraction of sp³-hybridized carbons (Fsp3) is 0.583. The van der Waals surface area contributed by atoms with Gasteiger partial charge in [0.25, 0.3) is 0 Å². The monoisotopic (exact) mass is 269 g/mol. The Morgan fingerprint density at radius 3 is 3.06 bits per heavy atom. The first-order chi connectivity index (χ1) is 8.57. The fourth-order valence-electron chi connectivity index (χ4n) is 2.10. The van der Waals surface area contributed by atoms with Gasteiger partial charge in [-0.3, -0.25) is 4.98 Å². The summed E-state index contributed by atoms with van der Waals surface area (Å²) in [7, 11) is -3.23. The molecule has 1 saturated heterocycles. The van der Waals surface area contributed by atoms with Gasteiger partial charge >= 0.3 is 0 Å². The summed E-state index contributed by atoms with van der Waals surface area (Å²) in [6.07, 6.45) is 3.66. The summed E-state index contributed by atoms with van der Waals surface area (Å²) >= 11 is 0. The largest absolute Gasteiger partial charge is 0.313 e. The third-order valence-electron chi connectivity index (χ3n) is 3.16. The summed E-state index contributed by atoms with van der Waals surface area (Å²) in [5, 5.41) is 3.19. The van der Waals surface area contributed by atoms with Crippen molar-refractivity contribution in [2.75, 3.05) is 12.3 Å². The van der Waals surface area contributed by atoms with Crippen LogP contribution in [0.25, 0.3) is 0 Å². The zero-order valence-electron chi connectivity index (χ0n) is 10.5. The van der Waals surface area contributed by atoms with Crippen molar-refractivity contribution in [3.8, 4) is 0 Å². The molecule has 0 bridgehead atoms. The Morgan fingerprint density at radius 1 is 1.56 bits per heavy atom. The first-order valence-electron chi connectivity index (χ1n) is 6.18. The van der Waals surface area contributed by atoms with Crippen LogP contribution in [-0.2, 0) is 16.6 Å². The van der Waals surface area contributed by atoms with Gasteiger partial charge in [0, 0.05) is 12.2 Å². The van der Waals surface area contributed by atoms with Gasteiger partial charge in [0.05, 0.1) is 18.0 Å². The van der Waals surface area contributed by atoms with Gasteiger partial charge in [-0.1, -0.05) is 6.07 Å². The van der Waals surface area contributed by atoms with E-state index in [1.807, 2.05) is 19.1 Å². The number of nitrogens with zero attached hydrogens (tertiary/aromatic N) is 1. The molecule has 0 radical (unpaired) electrons. The first kappa shape index (κ1) is 13.5. The van der Waals surface area contributed by atoms with Gasteiger partial charge in [-0.15, -0.1) is 0 Å². The van der Waals surface area contributed by atoms with Crippen molar-refractivity contribution in [3.63, 3.8) is 0 Å². The predicted molar refractivity (Wildman–Crippen MR) is 70.6 cm³/mol. The van der Waals surface area contributed by atoms with E-state index < -0.39 is 10.0 Å². The van der Waals surface area contributed by atoms with Crippen LogP contribution >= 0.6 is 0 Å². The highest BCUT2D eigenvalue weighted by Gasteiger charge is 2.21. The van der Waals surface area contributed by atoms with E-state index in [2.05, 4.69) is 15.0 Å². The number of hydrogen-bond acceptors (Lipinski definition) is 4. The van der Waals surface area contributed by atoms with E-state index in [0.29, 0.717) is 0 Å². The molecule has 1 aromatic rings. The maximum absolute atomic E-state index is 11.9. The van der Waals surface area contributed by atoms with E-state index in [-0.39, 0.29) is 18.3 Å². The third-order valence-corrected chi connectivity index (χ3v) is 4.59. The van der Waals surface area contributed by atoms with Gasteiger partial charge in [-0.05, 0) is 37.9 Å². The number of aromatic nitrogens is 1. The summed E-state index contributed by atoms with van der Waals surface area (Å²) in [5.74, 6) is 0.152. The van der Waals surface area contributed by atoms with Crippen LogP contribution in [0.2, 0.25) is 0 Å². The van der Waals surface area contributed by atoms with E-state index in [1.165, 1.54) is 0 Å². The second kappa shape index (κ2) is 5.77. The van der Waals surface area contributed by atoms with Crippen LogP contribution in [0.4, 0.5) is 0 Å². The molecule has 1 unspecified atom stereocenters. The lowest BCUT2D eigenvalue weighted by atomic mass is 10.2. The first-order valence-corrected chi connectivity index (χ1v) is 7.83. The molecule has 1 aliphatic heterocycles. The highest BCUT2D eigenvalue weighted by molar-refractivity contribution is 7.89. The van der Waals surface area contributed by atoms with E-state index in [9.17, 15) is 8.42 Å². The van der Waals surface area contributed by atoms with E-state index in [4.69, 9.17) is 0 Å². The van der Waals surface area contributed by atoms with Crippen LogP contribution in [0.3, 0.4) is 0 Å². The van der Waals surface area contributed by atoms with Crippen molar-refractivity contribution in [2.24, 2.45) is 0 Å². The molecule has 5 nitrogen and oxygen atoms in total. The highest BCUT2D eigenvalue weighted by Crippen LogP contribution is 2.08. The molecule has 2 heterocycles. The van der Waals surface area contributed by atoms with Crippen LogP contribution in [0.15, 0.2) is 18.3 Å². The van der Waals surface area contributed by atoms with Crippen LogP contribution in [0.5, 0.6) is 0 Å². The highest BCUT2D eigenvalue weighted by atomic mass is 32.2. The maximum atomic E-state index is 11.9. The average molecular weight is 269 g/mol. The fourth-order valence-corrected chi connectivity index (χ4v) is 3.39. The molecule has 1 aromatic heterocycles. The number of sulfonamides is 1. The zero-order valence-corrected chi connectivity index (χ0v) is 11.3. The molecule has 100 valence electrons. The molecule has 0 spiro atoms. The standard InChI is InChI=1S/C12H19N3O2S/c1-10-4-2-7-14-12(10)8-15-18(16,17)9-11-5-3-6-13-11/h2,4,7,11,13,15H,3,5-6,8-9H2,1H3. The lowest BCUT2D eigenvalue weighted by molar-refractivity contribution is 0.562. The second-order valence-electron chi connectivity index (χ2n) is 4.66. The molecule has 18 heavy (non-hydrogen) atoms. The van der Waals surface area contributed by atoms with Crippen molar-refractivity contribution >= 4 is 10.0 Å². The summed E-state index contributed by atoms with van der Waals surface area (Å²) in [6, 6.07) is 3.86. The van der Waals surface area contributed by atoms with Gasteiger partial charge in [-0.2, -0.15) is 0 Å². The molecule has 1 fully saturated rings. The van der Waals surface area contributed by atoms with Gasteiger partial charge in [0.2, 0.25) is 10.0 Å². The summed E-state index contributed by atoms with van der Waals surface area (Å²) in [6.45, 7) is 3.11. The maximum Gasteiger partial charge on any atom is 0.213 e. The Hall–Kier alpha value is -0.980. The van der Waals surface area contributed by atoms with Crippen molar-refractivity contribution in [3.05, 3.63) is 29.6 Å². The normalized spacial score (nSPS) is 20.2. The molecular formula is C12H19N3O2S. The van der Waals surface area contributed by atoms with Crippen LogP contribution in [0, 0.1) is 6.92 Å². The lowest BCUT2D eigenvalue weighted by Crippen LogP contribution is -2.36. The van der Waals surface area contributed by atoms with Gasteiger partial charge in [0.1, 0.15) is 0 Å². The summed E-state index contributed by atoms with van der Waals surface area (Å²) in [4.78, 5) is 4.17. The predicted octanol–water partition coefficient (Wildman–Crippen LogP) is 0.561. The Labute approximate surface area is 108 Å². The lowest BCUT2D eigenvalue weighted by Gasteiger charge is -2.12. The summed E-state index contributed by atoms with van der Waals surface area (Å²) < 4.78 is 26.4. The molecular weight excluding hydrogens is 250 g/mol. The molecule has 6 heteroatoms. The van der Waals surface area contributed by atoms with Crippen LogP contribution < -0.4 is 10.0 Å². The number of nitrogens with one attached hydrogen (secondary N) is 2. The second-order valence-corrected chi connectivity index (χ2v) is 6.51. The smallest absolute Gasteiger partial charge is 0.213 e. The number of aryl methyl sites for hydroxylation is 1. The molecule has 2 rings (SSSR count). The molecule has 1 atom stereocenters. The molecule has 1 aliphatic rings. The number of pyridine rings is 1. The molecule has 2 N–H and O–H groups in total. The minimum atomic E-state index is -3.23. The Morgan fingerprint density at radius 2 is 2.39 bits per heavy atom. The Kier molecular flexibility index (Phi) is 4.31. The molecule has 0 aliphatic carbocycles. The minimum absolute atomic E-state index is 0.0901. The van der Waals surface area contributed by atoms with E-state index >= 15 is 0 Å². The van der Waals surface area contributed by atoms with Crippen molar-refractivity contribution in [1.29, 1.82) is 0 Å². The Balaban J connectivity index is 1.90. The van der Waals surface area contributed by atoms with Crippen molar-refractivity contribution in [2.45, 2.75) is 32.4 Å². The molecule has 0 aromatic carbocycles. The van der Waals surface area contributed by atoms with Gasteiger partial charge < -0.3 is 5.32 Å².